The van der Waals surface area contributed by atoms with Crippen LogP contribution in [0.1, 0.15) is 72.6 Å². The number of nitrogens with zero attached hydrogens (tertiary/aromatic N) is 4. The van der Waals surface area contributed by atoms with Crippen LogP contribution < -0.4 is 20.7 Å². The minimum absolute atomic E-state index is 0. The fourth-order valence-corrected chi connectivity index (χ4v) is 7.30. The number of ketones is 1. The molecule has 1 N–H and O–H groups in total. The summed E-state index contributed by atoms with van der Waals surface area (Å²) in [5.74, 6) is -0.727. The topological polar surface area (TPSA) is 103 Å². The number of carbonyl (C=O) groups is 1. The normalized spacial score (nSPS) is 30.0. The van der Waals surface area contributed by atoms with Crippen LogP contribution in [0.4, 0.5) is 0 Å². The van der Waals surface area contributed by atoms with E-state index in [-0.39, 0.29) is 52.6 Å². The molecule has 8 heteroatoms. The molecule has 8 bridgehead atoms. The van der Waals surface area contributed by atoms with Crippen LogP contribution in [-0.2, 0) is 11.2 Å². The fraction of sp³-hybridized carbons (Fsp3) is 0.441. The molecule has 0 radical (unpaired) electrons. The minimum atomic E-state index is -1.27. The van der Waals surface area contributed by atoms with Crippen molar-refractivity contribution in [3.63, 3.8) is 0 Å². The van der Waals surface area contributed by atoms with Gasteiger partial charge in [0.2, 0.25) is 0 Å². The number of ether oxygens (including phenoxy) is 1. The zero-order valence-corrected chi connectivity index (χ0v) is 27.1. The van der Waals surface area contributed by atoms with E-state index in [0.717, 1.165) is 74.5 Å². The Labute approximate surface area is 264 Å². The Balaban J connectivity index is 0.00000353. The fourth-order valence-electron chi connectivity index (χ4n) is 7.30. The zero-order valence-electron chi connectivity index (χ0n) is 25.7. The monoisotopic (exact) mass is 574 g/mol. The molecule has 1 saturated heterocycles. The number of carbonyl (C=O) groups excluding carboxylic acids is 1. The van der Waals surface area contributed by atoms with E-state index in [1.54, 1.807) is 0 Å². The van der Waals surface area contributed by atoms with E-state index < -0.39 is 12.2 Å². The molecule has 2 unspecified atom stereocenters. The molecule has 216 valence electrons. The van der Waals surface area contributed by atoms with E-state index in [4.69, 9.17) is 25.3 Å². The van der Waals surface area contributed by atoms with Crippen LogP contribution in [0.3, 0.4) is 0 Å². The first-order chi connectivity index (χ1) is 19.6. The second-order valence-electron chi connectivity index (χ2n) is 11.7. The summed E-state index contributed by atoms with van der Waals surface area (Å²) >= 11 is 0. The van der Waals surface area contributed by atoms with Crippen molar-refractivity contribution in [2.75, 3.05) is 7.11 Å². The van der Waals surface area contributed by atoms with E-state index >= 15 is 0 Å². The standard InChI is InChI=1S/C34H39N4O3.Mg/c1-9-19-15(4)22-12-24-17(6)21(11-3)31(37-24)29-30(34(40)41-8)33(39)28-18(7)25(38-32(28)29)14-27-20(10-2)16(5)23(36-27)13-26(19)35-22;/h9,12-14,17,19,21,30-31,34,40H,1,10-11H2,2-8H3,(H-,35,36,39);/q-3;+2/p-1/b24-12-;/t17-,19+,21-,30+,31?,34?;/m0./s1. The van der Waals surface area contributed by atoms with Crippen molar-refractivity contribution in [1.82, 2.24) is 9.97 Å². The maximum Gasteiger partial charge on any atom is 2.00 e. The molecular formula is C34H38MgN4O3-2. The quantitative estimate of drug-likeness (QED) is 0.326. The van der Waals surface area contributed by atoms with Gasteiger partial charge < -0.3 is 30.4 Å². The SMILES string of the molecule is C=C[C@@H]1C(C)=C2/C=C3\[N-]C(C4=c5[n-]/c(c(C)c5C(=O)[C@@H]4C(O)OC)=C\c4[n-]c(c(C)c4CC)/C=C/1[N-]2)[C@@H](CC)[C@@H]3C.[Mg+2]. The van der Waals surface area contributed by atoms with Crippen molar-refractivity contribution in [3.05, 3.63) is 96.4 Å². The molecule has 1 fully saturated rings. The van der Waals surface area contributed by atoms with Gasteiger partial charge >= 0.3 is 23.1 Å². The Morgan fingerprint density at radius 3 is 2.45 bits per heavy atom. The van der Waals surface area contributed by atoms with Crippen molar-refractivity contribution in [1.29, 1.82) is 0 Å². The maximum absolute atomic E-state index is 14.0. The number of aliphatic hydroxyl groups is 1. The van der Waals surface area contributed by atoms with Crippen LogP contribution in [0.25, 0.3) is 28.4 Å². The van der Waals surface area contributed by atoms with Crippen molar-refractivity contribution in [3.8, 4) is 0 Å². The van der Waals surface area contributed by atoms with Gasteiger partial charge in [-0.2, -0.15) is 5.70 Å². The molecule has 42 heavy (non-hydrogen) atoms. The summed E-state index contributed by atoms with van der Waals surface area (Å²) in [5.41, 5.74) is 10.1. The van der Waals surface area contributed by atoms with Crippen LogP contribution >= 0.6 is 0 Å². The summed E-state index contributed by atoms with van der Waals surface area (Å²) in [4.78, 5) is 24.1. The molecule has 0 amide bonds. The molecule has 0 saturated carbocycles. The molecule has 2 aromatic rings. The van der Waals surface area contributed by atoms with Crippen molar-refractivity contribution < 1.29 is 14.6 Å². The first-order valence-electron chi connectivity index (χ1n) is 14.6. The third-order valence-electron chi connectivity index (χ3n) is 9.74. The average Bonchev–Trinajstić information content (AvgIpc) is 3.69. The summed E-state index contributed by atoms with van der Waals surface area (Å²) in [7, 11) is 1.43. The summed E-state index contributed by atoms with van der Waals surface area (Å²) < 4.78 is 5.35. The van der Waals surface area contributed by atoms with E-state index in [9.17, 15) is 9.90 Å². The predicted molar refractivity (Wildman–Crippen MR) is 167 cm³/mol. The molecule has 4 aliphatic rings. The van der Waals surface area contributed by atoms with Crippen LogP contribution in [-0.4, -0.2) is 53.4 Å². The Bertz CT molecular complexity index is 1690. The van der Waals surface area contributed by atoms with Gasteiger partial charge in [-0.15, -0.1) is 40.1 Å². The number of allylic oxidation sites excluding steroid dienone is 3. The van der Waals surface area contributed by atoms with Crippen LogP contribution in [0, 0.1) is 37.5 Å². The predicted octanol–water partition coefficient (Wildman–Crippen LogP) is 4.28. The molecule has 0 spiro atoms. The number of aromatic nitrogens is 2. The maximum atomic E-state index is 14.0. The van der Waals surface area contributed by atoms with Crippen molar-refractivity contribution >= 4 is 46.6 Å². The van der Waals surface area contributed by atoms with Gasteiger partial charge in [-0.1, -0.05) is 85.4 Å². The van der Waals surface area contributed by atoms with Gasteiger partial charge in [0.1, 0.15) is 0 Å². The van der Waals surface area contributed by atoms with Crippen LogP contribution in [0.15, 0.2) is 41.4 Å². The van der Waals surface area contributed by atoms with Gasteiger partial charge in [0, 0.05) is 18.6 Å². The van der Waals surface area contributed by atoms with E-state index in [1.807, 2.05) is 19.1 Å². The molecule has 3 aliphatic heterocycles. The van der Waals surface area contributed by atoms with Gasteiger partial charge in [-0.3, -0.25) is 4.79 Å². The molecule has 6 rings (SSSR count). The first-order valence-corrected chi connectivity index (χ1v) is 14.6. The Morgan fingerprint density at radius 2 is 1.81 bits per heavy atom. The molecule has 1 aliphatic carbocycles. The van der Waals surface area contributed by atoms with E-state index in [2.05, 4.69) is 53.3 Å². The number of methoxy groups -OCH3 is 1. The number of aliphatic hydroxyl groups excluding tert-OH is 1. The number of hydrogen-bond donors (Lipinski definition) is 1. The molecule has 5 heterocycles. The largest absolute Gasteiger partial charge is 2.00 e. The number of rotatable bonds is 5. The van der Waals surface area contributed by atoms with Gasteiger partial charge in [0.05, 0.1) is 5.92 Å². The first kappa shape index (κ1) is 30.7. The Morgan fingerprint density at radius 1 is 1.07 bits per heavy atom. The van der Waals surface area contributed by atoms with Gasteiger partial charge in [-0.25, -0.2) is 0 Å². The number of fused-ring (bicyclic) bond motifs is 8. The summed E-state index contributed by atoms with van der Waals surface area (Å²) in [6, 6.07) is -0.305. The number of Topliss-reactive ketones (excluding diaryl/α,β-unsaturated/α-hetero) is 1. The molecule has 7 nitrogen and oxygen atoms in total. The molecule has 2 aromatic heterocycles. The summed E-state index contributed by atoms with van der Waals surface area (Å²) in [5, 5.41) is 22.7. The van der Waals surface area contributed by atoms with Gasteiger partial charge in [-0.05, 0) is 39.0 Å². The average molecular weight is 575 g/mol. The van der Waals surface area contributed by atoms with Crippen LogP contribution in [0.2, 0.25) is 0 Å². The Kier molecular flexibility index (Phi) is 8.31. The van der Waals surface area contributed by atoms with Gasteiger partial charge in [0.25, 0.3) is 0 Å². The van der Waals surface area contributed by atoms with Crippen LogP contribution in [0.5, 0.6) is 0 Å². The minimum Gasteiger partial charge on any atom is -0.681 e. The molecular weight excluding hydrogens is 537 g/mol. The second kappa shape index (κ2) is 11.4. The smallest absolute Gasteiger partial charge is 0.681 e. The zero-order chi connectivity index (χ0) is 29.3. The van der Waals surface area contributed by atoms with E-state index in [1.165, 1.54) is 7.11 Å². The number of hydrogen-bond acceptors (Lipinski definition) is 3. The Hall–Kier alpha value is -2.78. The second-order valence-corrected chi connectivity index (χ2v) is 11.7. The summed E-state index contributed by atoms with van der Waals surface area (Å²) in [6.07, 6.45) is 8.54. The third-order valence-corrected chi connectivity index (χ3v) is 9.74. The molecule has 6 atom stereocenters. The summed E-state index contributed by atoms with van der Waals surface area (Å²) in [6.45, 7) is 16.7. The molecule has 0 aromatic carbocycles. The van der Waals surface area contributed by atoms with Crippen molar-refractivity contribution in [2.24, 2.45) is 23.7 Å². The van der Waals surface area contributed by atoms with Crippen molar-refractivity contribution in [2.45, 2.75) is 66.7 Å². The van der Waals surface area contributed by atoms with E-state index in [0.29, 0.717) is 10.9 Å². The van der Waals surface area contributed by atoms with Gasteiger partial charge in [0.15, 0.2) is 12.1 Å². The third kappa shape index (κ3) is 4.41.